The maximum absolute atomic E-state index is 11.3. The van der Waals surface area contributed by atoms with Crippen LogP contribution in [0.2, 0.25) is 0 Å². The molecule has 0 aromatic heterocycles. The molecule has 0 aromatic rings. The highest BCUT2D eigenvalue weighted by Gasteiger charge is 2.14. The molecule has 0 saturated heterocycles. The zero-order valence-corrected chi connectivity index (χ0v) is 9.10. The summed E-state index contributed by atoms with van der Waals surface area (Å²) in [6, 6.07) is 0. The molecule has 13 heavy (non-hydrogen) atoms. The second kappa shape index (κ2) is 6.14. The van der Waals surface area contributed by atoms with Gasteiger partial charge in [-0.25, -0.2) is 0 Å². The molecule has 2 heteroatoms. The molecule has 0 atom stereocenters. The molecule has 0 aliphatic heterocycles. The van der Waals surface area contributed by atoms with Crippen LogP contribution in [0.15, 0.2) is 0 Å². The Kier molecular flexibility index (Phi) is 5.97. The molecule has 0 saturated carbocycles. The van der Waals surface area contributed by atoms with E-state index in [0.29, 0.717) is 19.3 Å². The molecule has 1 N–H and O–H groups in total. The molecule has 0 aromatic carbocycles. The summed E-state index contributed by atoms with van der Waals surface area (Å²) in [4.78, 5) is 11.3. The zero-order chi connectivity index (χ0) is 10.3. The van der Waals surface area contributed by atoms with Crippen LogP contribution in [0.4, 0.5) is 0 Å². The van der Waals surface area contributed by atoms with Crippen LogP contribution in [0.25, 0.3) is 0 Å². The number of hydrogen-bond donors (Lipinski definition) is 1. The topological polar surface area (TPSA) is 37.3 Å². The summed E-state index contributed by atoms with van der Waals surface area (Å²) < 4.78 is 0. The van der Waals surface area contributed by atoms with Crippen molar-refractivity contribution in [2.24, 2.45) is 0 Å². The quantitative estimate of drug-likeness (QED) is 0.621. The predicted molar refractivity (Wildman–Crippen MR) is 54.7 cm³/mol. The van der Waals surface area contributed by atoms with Crippen molar-refractivity contribution in [3.8, 4) is 0 Å². The van der Waals surface area contributed by atoms with E-state index in [0.717, 1.165) is 19.3 Å². The second-order valence-corrected chi connectivity index (χ2v) is 4.31. The van der Waals surface area contributed by atoms with Gasteiger partial charge >= 0.3 is 0 Å². The van der Waals surface area contributed by atoms with Crippen LogP contribution >= 0.6 is 0 Å². The van der Waals surface area contributed by atoms with Crippen molar-refractivity contribution < 1.29 is 9.90 Å². The van der Waals surface area contributed by atoms with Gasteiger partial charge in [0.25, 0.3) is 0 Å². The van der Waals surface area contributed by atoms with Crippen molar-refractivity contribution >= 4 is 5.78 Å². The summed E-state index contributed by atoms with van der Waals surface area (Å²) in [5.41, 5.74) is -0.694. The zero-order valence-electron chi connectivity index (χ0n) is 9.10. The Morgan fingerprint density at radius 2 is 1.85 bits per heavy atom. The fourth-order valence-electron chi connectivity index (χ4n) is 1.14. The highest BCUT2D eigenvalue weighted by atomic mass is 16.3. The van der Waals surface area contributed by atoms with Gasteiger partial charge in [-0.05, 0) is 26.7 Å². The van der Waals surface area contributed by atoms with Gasteiger partial charge in [0.1, 0.15) is 5.78 Å². The van der Waals surface area contributed by atoms with Crippen LogP contribution in [0.1, 0.15) is 59.3 Å². The number of unbranched alkanes of at least 4 members (excludes halogenated alkanes) is 2. The lowest BCUT2D eigenvalue weighted by atomic mass is 9.99. The van der Waals surface area contributed by atoms with E-state index in [4.69, 9.17) is 0 Å². The van der Waals surface area contributed by atoms with Gasteiger partial charge in [-0.15, -0.1) is 0 Å². The molecule has 0 rings (SSSR count). The maximum Gasteiger partial charge on any atom is 0.133 e. The monoisotopic (exact) mass is 186 g/mol. The van der Waals surface area contributed by atoms with Gasteiger partial charge in [0, 0.05) is 12.8 Å². The third-order valence-electron chi connectivity index (χ3n) is 2.07. The molecule has 0 spiro atoms. The summed E-state index contributed by atoms with van der Waals surface area (Å²) in [6.45, 7) is 5.61. The van der Waals surface area contributed by atoms with Crippen molar-refractivity contribution in [1.29, 1.82) is 0 Å². The molecule has 0 aliphatic carbocycles. The standard InChI is InChI=1S/C11H22O2/c1-4-5-6-7-10(12)8-9-11(2,3)13/h13H,4-9H2,1-3H3. The van der Waals surface area contributed by atoms with Crippen LogP contribution in [0.5, 0.6) is 0 Å². The molecule has 0 bridgehead atoms. The van der Waals surface area contributed by atoms with Gasteiger partial charge in [-0.2, -0.15) is 0 Å². The van der Waals surface area contributed by atoms with Gasteiger partial charge in [0.15, 0.2) is 0 Å². The first-order valence-electron chi connectivity index (χ1n) is 5.20. The highest BCUT2D eigenvalue weighted by molar-refractivity contribution is 5.78. The molecule has 0 radical (unpaired) electrons. The lowest BCUT2D eigenvalue weighted by molar-refractivity contribution is -0.120. The van der Waals surface area contributed by atoms with E-state index in [-0.39, 0.29) is 5.78 Å². The first kappa shape index (κ1) is 12.6. The number of ketones is 1. The molecule has 78 valence electrons. The molecular weight excluding hydrogens is 164 g/mol. The van der Waals surface area contributed by atoms with E-state index in [1.807, 2.05) is 0 Å². The summed E-state index contributed by atoms with van der Waals surface area (Å²) in [6.07, 6.45) is 5.07. The smallest absolute Gasteiger partial charge is 0.133 e. The van der Waals surface area contributed by atoms with Gasteiger partial charge in [0.2, 0.25) is 0 Å². The lowest BCUT2D eigenvalue weighted by Gasteiger charge is -2.15. The minimum atomic E-state index is -0.694. The maximum atomic E-state index is 11.3. The number of rotatable bonds is 7. The number of carbonyl (C=O) groups excluding carboxylic acids is 1. The van der Waals surface area contributed by atoms with Gasteiger partial charge < -0.3 is 5.11 Å². The Labute approximate surface area is 81.3 Å². The van der Waals surface area contributed by atoms with E-state index in [1.165, 1.54) is 0 Å². The van der Waals surface area contributed by atoms with Crippen LogP contribution < -0.4 is 0 Å². The molecule has 0 amide bonds. The predicted octanol–water partition coefficient (Wildman–Crippen LogP) is 2.69. The Morgan fingerprint density at radius 3 is 2.31 bits per heavy atom. The SMILES string of the molecule is CCCCCC(=O)CCC(C)(C)O. The van der Waals surface area contributed by atoms with Crippen molar-refractivity contribution in [3.63, 3.8) is 0 Å². The normalized spacial score (nSPS) is 11.7. The molecule has 2 nitrogen and oxygen atoms in total. The van der Waals surface area contributed by atoms with Crippen molar-refractivity contribution in [2.75, 3.05) is 0 Å². The Morgan fingerprint density at radius 1 is 1.23 bits per heavy atom. The molecule has 0 unspecified atom stereocenters. The third kappa shape index (κ3) is 9.54. The highest BCUT2D eigenvalue weighted by Crippen LogP contribution is 2.12. The largest absolute Gasteiger partial charge is 0.390 e. The van der Waals surface area contributed by atoms with E-state index >= 15 is 0 Å². The minimum absolute atomic E-state index is 0.288. The Bertz CT molecular complexity index is 145. The average molecular weight is 186 g/mol. The Hall–Kier alpha value is -0.370. The number of hydrogen-bond acceptors (Lipinski definition) is 2. The lowest BCUT2D eigenvalue weighted by Crippen LogP contribution is -2.19. The van der Waals surface area contributed by atoms with E-state index in [1.54, 1.807) is 13.8 Å². The van der Waals surface area contributed by atoms with Crippen molar-refractivity contribution in [3.05, 3.63) is 0 Å². The molecule has 0 heterocycles. The number of carbonyl (C=O) groups is 1. The molecule has 0 fully saturated rings. The van der Waals surface area contributed by atoms with Crippen molar-refractivity contribution in [2.45, 2.75) is 64.9 Å². The van der Waals surface area contributed by atoms with Crippen LogP contribution in [0, 0.1) is 0 Å². The fraction of sp³-hybridized carbons (Fsp3) is 0.909. The summed E-state index contributed by atoms with van der Waals surface area (Å²) in [7, 11) is 0. The molecular formula is C11H22O2. The van der Waals surface area contributed by atoms with E-state index in [9.17, 15) is 9.90 Å². The van der Waals surface area contributed by atoms with E-state index in [2.05, 4.69) is 6.92 Å². The summed E-state index contributed by atoms with van der Waals surface area (Å²) >= 11 is 0. The molecule has 0 aliphatic rings. The number of Topliss-reactive ketones (excluding diaryl/α,β-unsaturated/α-hetero) is 1. The third-order valence-corrected chi connectivity index (χ3v) is 2.07. The first-order valence-corrected chi connectivity index (χ1v) is 5.20. The van der Waals surface area contributed by atoms with Gasteiger partial charge in [-0.3, -0.25) is 4.79 Å². The van der Waals surface area contributed by atoms with Gasteiger partial charge in [0.05, 0.1) is 5.60 Å². The minimum Gasteiger partial charge on any atom is -0.390 e. The fourth-order valence-corrected chi connectivity index (χ4v) is 1.14. The van der Waals surface area contributed by atoms with Crippen LogP contribution in [-0.4, -0.2) is 16.5 Å². The van der Waals surface area contributed by atoms with Gasteiger partial charge in [-0.1, -0.05) is 19.8 Å². The second-order valence-electron chi connectivity index (χ2n) is 4.31. The summed E-state index contributed by atoms with van der Waals surface area (Å²) in [5, 5.41) is 9.39. The first-order chi connectivity index (χ1) is 5.95. The van der Waals surface area contributed by atoms with Crippen LogP contribution in [0.3, 0.4) is 0 Å². The summed E-state index contributed by atoms with van der Waals surface area (Å²) in [5.74, 6) is 0.288. The Balaban J connectivity index is 3.41. The average Bonchev–Trinajstić information content (AvgIpc) is 2.00. The number of aliphatic hydroxyl groups is 1. The van der Waals surface area contributed by atoms with Crippen LogP contribution in [-0.2, 0) is 4.79 Å². The van der Waals surface area contributed by atoms with E-state index < -0.39 is 5.60 Å². The van der Waals surface area contributed by atoms with Crippen molar-refractivity contribution in [1.82, 2.24) is 0 Å².